The fraction of sp³-hybridized carbons (Fsp3) is 0.0769. The van der Waals surface area contributed by atoms with Gasteiger partial charge in [0.1, 0.15) is 0 Å². The van der Waals surface area contributed by atoms with E-state index in [1.807, 2.05) is 0 Å². The Morgan fingerprint density at radius 3 is 1.26 bits per heavy atom. The Morgan fingerprint density at radius 2 is 0.882 bits per heavy atom. The summed E-state index contributed by atoms with van der Waals surface area (Å²) in [6.45, 7) is 0. The van der Waals surface area contributed by atoms with Crippen LogP contribution < -0.4 is 0 Å². The summed E-state index contributed by atoms with van der Waals surface area (Å²) in [5.74, 6) is -5.66. The zero-order valence-electron chi connectivity index (χ0n) is 17.6. The smallest absolute Gasteiger partial charge is 0.349 e. The summed E-state index contributed by atoms with van der Waals surface area (Å²) in [6, 6.07) is 23.3. The van der Waals surface area contributed by atoms with E-state index in [0.717, 1.165) is 0 Å². The molecule has 170 valence electrons. The van der Waals surface area contributed by atoms with Gasteiger partial charge in [0.2, 0.25) is 12.2 Å². The highest BCUT2D eigenvalue weighted by Gasteiger charge is 2.41. The first-order valence-corrected chi connectivity index (χ1v) is 10.2. The van der Waals surface area contributed by atoms with E-state index in [4.69, 9.17) is 9.47 Å². The van der Waals surface area contributed by atoms with Crippen molar-refractivity contribution in [3.63, 3.8) is 0 Å². The van der Waals surface area contributed by atoms with Crippen molar-refractivity contribution in [2.75, 3.05) is 0 Å². The number of hydrogen-bond donors (Lipinski definition) is 2. The van der Waals surface area contributed by atoms with Crippen LogP contribution in [-0.2, 0) is 19.1 Å². The molecule has 0 aliphatic rings. The predicted octanol–water partition coefficient (Wildman–Crippen LogP) is 3.91. The van der Waals surface area contributed by atoms with Gasteiger partial charge in [-0.25, -0.2) is 19.2 Å². The average molecular weight is 458 g/mol. The zero-order valence-corrected chi connectivity index (χ0v) is 17.6. The van der Waals surface area contributed by atoms with Gasteiger partial charge >= 0.3 is 23.9 Å². The van der Waals surface area contributed by atoms with Crippen LogP contribution in [0.15, 0.2) is 84.9 Å². The molecular weight excluding hydrogens is 440 g/mol. The van der Waals surface area contributed by atoms with Crippen molar-refractivity contribution >= 4 is 45.4 Å². The highest BCUT2D eigenvalue weighted by molar-refractivity contribution is 6.06. The summed E-state index contributed by atoms with van der Waals surface area (Å²) in [6.07, 6.45) is -4.55. The van der Waals surface area contributed by atoms with Crippen molar-refractivity contribution in [3.05, 3.63) is 96.1 Å². The Labute approximate surface area is 193 Å². The second kappa shape index (κ2) is 9.41. The van der Waals surface area contributed by atoms with Gasteiger partial charge in [0.15, 0.2) is 0 Å². The van der Waals surface area contributed by atoms with E-state index in [1.54, 1.807) is 72.8 Å². The van der Waals surface area contributed by atoms with Crippen LogP contribution in [-0.4, -0.2) is 46.3 Å². The lowest BCUT2D eigenvalue weighted by Gasteiger charge is -2.21. The van der Waals surface area contributed by atoms with Crippen LogP contribution in [0, 0.1) is 0 Å². The average Bonchev–Trinajstić information content (AvgIpc) is 2.84. The van der Waals surface area contributed by atoms with E-state index >= 15 is 0 Å². The quantitative estimate of drug-likeness (QED) is 0.399. The number of fused-ring (bicyclic) bond motifs is 2. The normalized spacial score (nSPS) is 12.6. The molecule has 0 spiro atoms. The van der Waals surface area contributed by atoms with Crippen LogP contribution in [0.1, 0.15) is 20.7 Å². The van der Waals surface area contributed by atoms with Crippen LogP contribution in [0.25, 0.3) is 21.5 Å². The molecular formula is C26H18O8. The van der Waals surface area contributed by atoms with Gasteiger partial charge in [-0.05, 0) is 33.7 Å². The zero-order chi connectivity index (χ0) is 24.2. The maximum Gasteiger partial charge on any atom is 0.349 e. The molecule has 4 rings (SSSR count). The molecule has 8 heteroatoms. The van der Waals surface area contributed by atoms with Gasteiger partial charge in [0, 0.05) is 0 Å². The number of hydrogen-bond acceptors (Lipinski definition) is 6. The summed E-state index contributed by atoms with van der Waals surface area (Å²) in [7, 11) is 0. The van der Waals surface area contributed by atoms with E-state index in [9.17, 15) is 29.4 Å². The maximum absolute atomic E-state index is 12.8. The van der Waals surface area contributed by atoms with E-state index in [1.165, 1.54) is 12.1 Å². The van der Waals surface area contributed by atoms with Crippen LogP contribution in [0.2, 0.25) is 0 Å². The number of esters is 2. The van der Waals surface area contributed by atoms with E-state index in [0.29, 0.717) is 21.5 Å². The minimum atomic E-state index is -2.28. The van der Waals surface area contributed by atoms with Crippen molar-refractivity contribution in [3.8, 4) is 0 Å². The minimum Gasteiger partial charge on any atom is -0.478 e. The monoisotopic (exact) mass is 458 g/mol. The van der Waals surface area contributed by atoms with Crippen LogP contribution in [0.5, 0.6) is 0 Å². The molecule has 4 aromatic rings. The van der Waals surface area contributed by atoms with Gasteiger partial charge in [0.05, 0.1) is 11.1 Å². The van der Waals surface area contributed by atoms with Gasteiger partial charge in [-0.2, -0.15) is 0 Å². The minimum absolute atomic E-state index is 0.0499. The SMILES string of the molecule is O=C(O[C@H](C(=O)O)[C@H](OC(=O)c1cccc2ccccc12)C(=O)O)c1cccc2ccccc12. The molecule has 0 amide bonds. The number of carboxylic acid groups (broad SMARTS) is 2. The van der Waals surface area contributed by atoms with Gasteiger partial charge in [-0.1, -0.05) is 72.8 Å². The molecule has 0 aliphatic carbocycles. The van der Waals surface area contributed by atoms with Gasteiger partial charge in [0.25, 0.3) is 0 Å². The Kier molecular flexibility index (Phi) is 6.22. The second-order valence-corrected chi connectivity index (χ2v) is 7.38. The molecule has 4 aromatic carbocycles. The molecule has 0 heterocycles. The highest BCUT2D eigenvalue weighted by atomic mass is 16.6. The maximum atomic E-state index is 12.8. The third kappa shape index (κ3) is 4.42. The molecule has 0 unspecified atom stereocenters. The molecule has 0 bridgehead atoms. The summed E-state index contributed by atoms with van der Waals surface area (Å²) < 4.78 is 10.1. The van der Waals surface area contributed by atoms with Gasteiger partial charge < -0.3 is 19.7 Å². The van der Waals surface area contributed by atoms with Crippen molar-refractivity contribution < 1.29 is 38.9 Å². The third-order valence-electron chi connectivity index (χ3n) is 5.25. The first kappa shape index (κ1) is 22.5. The molecule has 0 aliphatic heterocycles. The van der Waals surface area contributed by atoms with Gasteiger partial charge in [-0.3, -0.25) is 0 Å². The van der Waals surface area contributed by atoms with Crippen molar-refractivity contribution in [1.82, 2.24) is 0 Å². The number of aliphatic carboxylic acids is 2. The van der Waals surface area contributed by atoms with Crippen molar-refractivity contribution in [2.24, 2.45) is 0 Å². The molecule has 0 aromatic heterocycles. The standard InChI is InChI=1S/C26H18O8/c27-23(28)21(33-25(31)19-13-5-9-15-7-1-3-11-17(15)19)22(24(29)30)34-26(32)20-14-6-10-16-8-2-4-12-18(16)20/h1-14,21-22H,(H,27,28)(H,29,30)/t21-,22-/m0/s1. The first-order chi connectivity index (χ1) is 16.4. The van der Waals surface area contributed by atoms with Crippen LogP contribution in [0.3, 0.4) is 0 Å². The molecule has 0 fully saturated rings. The lowest BCUT2D eigenvalue weighted by Crippen LogP contribution is -2.45. The molecule has 8 nitrogen and oxygen atoms in total. The number of carboxylic acids is 2. The summed E-state index contributed by atoms with van der Waals surface area (Å²) in [5, 5.41) is 21.7. The fourth-order valence-corrected chi connectivity index (χ4v) is 3.65. The Balaban J connectivity index is 1.63. The van der Waals surface area contributed by atoms with Crippen molar-refractivity contribution in [1.29, 1.82) is 0 Å². The number of ether oxygens (including phenoxy) is 2. The topological polar surface area (TPSA) is 127 Å². The van der Waals surface area contributed by atoms with Crippen LogP contribution >= 0.6 is 0 Å². The number of benzene rings is 4. The van der Waals surface area contributed by atoms with Crippen molar-refractivity contribution in [2.45, 2.75) is 12.2 Å². The first-order valence-electron chi connectivity index (χ1n) is 10.2. The van der Waals surface area contributed by atoms with E-state index in [-0.39, 0.29) is 11.1 Å². The largest absolute Gasteiger partial charge is 0.478 e. The summed E-state index contributed by atoms with van der Waals surface area (Å²) >= 11 is 0. The Morgan fingerprint density at radius 1 is 0.529 bits per heavy atom. The van der Waals surface area contributed by atoms with E-state index in [2.05, 4.69) is 0 Å². The van der Waals surface area contributed by atoms with E-state index < -0.39 is 36.1 Å². The molecule has 34 heavy (non-hydrogen) atoms. The predicted molar refractivity (Wildman–Crippen MR) is 122 cm³/mol. The molecule has 2 atom stereocenters. The van der Waals surface area contributed by atoms with Gasteiger partial charge in [-0.15, -0.1) is 0 Å². The molecule has 2 N–H and O–H groups in total. The third-order valence-corrected chi connectivity index (χ3v) is 5.25. The lowest BCUT2D eigenvalue weighted by atomic mass is 10.0. The fourth-order valence-electron chi connectivity index (χ4n) is 3.65. The Bertz CT molecular complexity index is 1310. The summed E-state index contributed by atoms with van der Waals surface area (Å²) in [4.78, 5) is 49.4. The highest BCUT2D eigenvalue weighted by Crippen LogP contribution is 2.23. The number of rotatable bonds is 7. The molecule has 0 radical (unpaired) electrons. The summed E-state index contributed by atoms with van der Waals surface area (Å²) in [5.41, 5.74) is 0.0998. The molecule has 0 saturated heterocycles. The lowest BCUT2D eigenvalue weighted by molar-refractivity contribution is -0.166. The number of carbonyl (C=O) groups is 4. The molecule has 0 saturated carbocycles. The number of carbonyl (C=O) groups excluding carboxylic acids is 2. The Hall–Kier alpha value is -4.72. The van der Waals surface area contributed by atoms with Crippen LogP contribution in [0.4, 0.5) is 0 Å². The second-order valence-electron chi connectivity index (χ2n) is 7.38.